The highest BCUT2D eigenvalue weighted by atomic mass is 35.5. The van der Waals surface area contributed by atoms with Gasteiger partial charge in [-0.15, -0.1) is 0 Å². The zero-order valence-electron chi connectivity index (χ0n) is 12.1. The van der Waals surface area contributed by atoms with Gasteiger partial charge in [0.1, 0.15) is 0 Å². The van der Waals surface area contributed by atoms with E-state index in [0.717, 1.165) is 19.3 Å². The quantitative estimate of drug-likeness (QED) is 0.860. The van der Waals surface area contributed by atoms with Gasteiger partial charge in [-0.3, -0.25) is 4.79 Å². The average molecular weight is 314 g/mol. The van der Waals surface area contributed by atoms with E-state index >= 15 is 0 Å². The monoisotopic (exact) mass is 313 g/mol. The summed E-state index contributed by atoms with van der Waals surface area (Å²) in [6, 6.07) is 1.67. The molecule has 3 atom stereocenters. The number of rotatable bonds is 3. The summed E-state index contributed by atoms with van der Waals surface area (Å²) >= 11 is 5.95. The summed E-state index contributed by atoms with van der Waals surface area (Å²) in [4.78, 5) is 14.6. The Bertz CT molecular complexity index is 504. The lowest BCUT2D eigenvalue weighted by molar-refractivity contribution is -0.0460. The summed E-state index contributed by atoms with van der Waals surface area (Å²) in [7, 11) is 1.74. The van der Waals surface area contributed by atoms with Crippen LogP contribution in [0.4, 0.5) is 0 Å². The minimum Gasteiger partial charge on any atom is -0.452 e. The third kappa shape index (κ3) is 2.82. The first-order valence-electron chi connectivity index (χ1n) is 7.37. The second kappa shape index (κ2) is 6.38. The average Bonchev–Trinajstić information content (AvgIpc) is 3.14. The first kappa shape index (κ1) is 14.9. The molecule has 2 aliphatic rings. The van der Waals surface area contributed by atoms with Crippen LogP contribution in [-0.2, 0) is 9.47 Å². The normalized spacial score (nSPS) is 29.8. The summed E-state index contributed by atoms with van der Waals surface area (Å²) in [5, 5.41) is 0.153. The molecule has 1 aromatic heterocycles. The van der Waals surface area contributed by atoms with Crippen molar-refractivity contribution in [3.63, 3.8) is 0 Å². The van der Waals surface area contributed by atoms with Gasteiger partial charge in [0.25, 0.3) is 5.91 Å². The van der Waals surface area contributed by atoms with Crippen molar-refractivity contribution in [2.75, 3.05) is 26.9 Å². The predicted molar refractivity (Wildman–Crippen MR) is 77.5 cm³/mol. The highest BCUT2D eigenvalue weighted by molar-refractivity contribution is 6.32. The van der Waals surface area contributed by atoms with Crippen molar-refractivity contribution in [1.29, 1.82) is 0 Å². The maximum absolute atomic E-state index is 12.7. The molecule has 1 aliphatic carbocycles. The Balaban J connectivity index is 1.81. The van der Waals surface area contributed by atoms with Gasteiger partial charge in [-0.1, -0.05) is 6.42 Å². The van der Waals surface area contributed by atoms with Crippen molar-refractivity contribution in [2.24, 2.45) is 5.92 Å². The molecular formula is C15H20ClNO4. The molecular weight excluding hydrogens is 294 g/mol. The van der Waals surface area contributed by atoms with Crippen LogP contribution in [0.15, 0.2) is 16.7 Å². The maximum atomic E-state index is 12.7. The molecule has 21 heavy (non-hydrogen) atoms. The molecule has 116 valence electrons. The zero-order chi connectivity index (χ0) is 14.8. The van der Waals surface area contributed by atoms with Crippen molar-refractivity contribution in [2.45, 2.75) is 31.4 Å². The van der Waals surface area contributed by atoms with Crippen LogP contribution >= 0.6 is 11.6 Å². The molecule has 1 saturated heterocycles. The van der Waals surface area contributed by atoms with Crippen molar-refractivity contribution >= 4 is 17.5 Å². The van der Waals surface area contributed by atoms with Gasteiger partial charge >= 0.3 is 0 Å². The van der Waals surface area contributed by atoms with Gasteiger partial charge in [0.15, 0.2) is 0 Å². The van der Waals surface area contributed by atoms with E-state index in [1.54, 1.807) is 13.2 Å². The second-order valence-electron chi connectivity index (χ2n) is 5.62. The highest BCUT2D eigenvalue weighted by Gasteiger charge is 2.41. The Labute approximate surface area is 129 Å². The largest absolute Gasteiger partial charge is 0.452 e. The van der Waals surface area contributed by atoms with Crippen molar-refractivity contribution in [3.05, 3.63) is 23.1 Å². The van der Waals surface area contributed by atoms with E-state index in [-0.39, 0.29) is 23.3 Å². The van der Waals surface area contributed by atoms with E-state index in [1.165, 1.54) is 6.26 Å². The Morgan fingerprint density at radius 2 is 2.33 bits per heavy atom. The van der Waals surface area contributed by atoms with Crippen LogP contribution < -0.4 is 0 Å². The number of nitrogens with zero attached hydrogens (tertiary/aromatic N) is 1. The second-order valence-corrected chi connectivity index (χ2v) is 5.96. The van der Waals surface area contributed by atoms with Gasteiger partial charge in [0.2, 0.25) is 5.22 Å². The number of ether oxygens (including phenoxy) is 2. The first-order chi connectivity index (χ1) is 10.2. The number of hydrogen-bond acceptors (Lipinski definition) is 4. The van der Waals surface area contributed by atoms with Crippen LogP contribution in [-0.4, -0.2) is 49.8 Å². The van der Waals surface area contributed by atoms with E-state index in [9.17, 15) is 4.79 Å². The lowest BCUT2D eigenvalue weighted by Crippen LogP contribution is -2.53. The molecule has 6 heteroatoms. The fourth-order valence-corrected chi connectivity index (χ4v) is 3.71. The molecule has 0 radical (unpaired) electrons. The SMILES string of the molecule is COC1CCCC1C1COCCN1C(=O)c1ccoc1Cl. The van der Waals surface area contributed by atoms with Gasteiger partial charge < -0.3 is 18.8 Å². The predicted octanol–water partition coefficient (Wildman–Crippen LogP) is 2.59. The lowest BCUT2D eigenvalue weighted by atomic mass is 9.93. The van der Waals surface area contributed by atoms with Crippen LogP contribution in [0, 0.1) is 5.92 Å². The molecule has 0 N–H and O–H groups in total. The summed E-state index contributed by atoms with van der Waals surface area (Å²) in [6.07, 6.45) is 4.89. The van der Waals surface area contributed by atoms with E-state index in [4.69, 9.17) is 25.5 Å². The van der Waals surface area contributed by atoms with Gasteiger partial charge in [-0.25, -0.2) is 0 Å². The fourth-order valence-electron chi connectivity index (χ4n) is 3.52. The maximum Gasteiger partial charge on any atom is 0.259 e. The van der Waals surface area contributed by atoms with E-state index < -0.39 is 0 Å². The number of carbonyl (C=O) groups is 1. The van der Waals surface area contributed by atoms with Crippen LogP contribution in [0.1, 0.15) is 29.6 Å². The third-order valence-electron chi connectivity index (χ3n) is 4.58. The number of hydrogen-bond donors (Lipinski definition) is 0. The molecule has 3 rings (SSSR count). The molecule has 2 heterocycles. The minimum atomic E-state index is -0.0798. The van der Waals surface area contributed by atoms with E-state index in [0.29, 0.717) is 31.2 Å². The Hall–Kier alpha value is -1.04. The van der Waals surface area contributed by atoms with Crippen LogP contribution in [0.5, 0.6) is 0 Å². The minimum absolute atomic E-state index is 0.0460. The Kier molecular flexibility index (Phi) is 4.52. The van der Waals surface area contributed by atoms with Gasteiger partial charge in [-0.2, -0.15) is 0 Å². The summed E-state index contributed by atoms with van der Waals surface area (Å²) in [5.41, 5.74) is 0.426. The van der Waals surface area contributed by atoms with Crippen molar-refractivity contribution < 1.29 is 18.7 Å². The molecule has 3 unspecified atom stereocenters. The van der Waals surface area contributed by atoms with Gasteiger partial charge in [0, 0.05) is 19.6 Å². The smallest absolute Gasteiger partial charge is 0.259 e. The molecule has 5 nitrogen and oxygen atoms in total. The molecule has 0 spiro atoms. The lowest BCUT2D eigenvalue weighted by Gasteiger charge is -2.40. The molecule has 0 aromatic carbocycles. The van der Waals surface area contributed by atoms with Crippen molar-refractivity contribution in [1.82, 2.24) is 4.90 Å². The molecule has 0 bridgehead atoms. The molecule has 1 saturated carbocycles. The third-order valence-corrected chi connectivity index (χ3v) is 4.87. The fraction of sp³-hybridized carbons (Fsp3) is 0.667. The van der Waals surface area contributed by atoms with Crippen LogP contribution in [0.3, 0.4) is 0 Å². The number of amides is 1. The summed E-state index contributed by atoms with van der Waals surface area (Å²) in [5.74, 6) is 0.244. The zero-order valence-corrected chi connectivity index (χ0v) is 12.8. The number of morpholine rings is 1. The Morgan fingerprint density at radius 1 is 1.48 bits per heavy atom. The molecule has 1 aliphatic heterocycles. The number of methoxy groups -OCH3 is 1. The van der Waals surface area contributed by atoms with Crippen LogP contribution in [0.2, 0.25) is 5.22 Å². The van der Waals surface area contributed by atoms with E-state index in [1.807, 2.05) is 4.90 Å². The van der Waals surface area contributed by atoms with Crippen molar-refractivity contribution in [3.8, 4) is 0 Å². The first-order valence-corrected chi connectivity index (χ1v) is 7.74. The summed E-state index contributed by atoms with van der Waals surface area (Å²) < 4.78 is 16.2. The topological polar surface area (TPSA) is 51.9 Å². The Morgan fingerprint density at radius 3 is 3.05 bits per heavy atom. The number of halogens is 1. The summed E-state index contributed by atoms with van der Waals surface area (Å²) in [6.45, 7) is 1.70. The van der Waals surface area contributed by atoms with Gasteiger partial charge in [0.05, 0.1) is 37.2 Å². The van der Waals surface area contributed by atoms with E-state index in [2.05, 4.69) is 0 Å². The van der Waals surface area contributed by atoms with Crippen LogP contribution in [0.25, 0.3) is 0 Å². The van der Waals surface area contributed by atoms with Gasteiger partial charge in [-0.05, 0) is 30.5 Å². The standard InChI is InChI=1S/C15H20ClNO4/c1-19-13-4-2-3-10(13)12-9-20-8-6-17(12)15(18)11-5-7-21-14(11)16/h5,7,10,12-13H,2-4,6,8-9H2,1H3. The molecule has 1 aromatic rings. The molecule has 1 amide bonds. The number of carbonyl (C=O) groups excluding carboxylic acids is 1. The molecule has 2 fully saturated rings. The number of furan rings is 1. The highest BCUT2D eigenvalue weighted by Crippen LogP contribution is 2.35.